The zero-order chi connectivity index (χ0) is 43.9. The number of rotatable bonds is 15. The van der Waals surface area contributed by atoms with Crippen LogP contribution in [0.25, 0.3) is 21.5 Å². The average Bonchev–Trinajstić information content (AvgIpc) is 3.10. The van der Waals surface area contributed by atoms with E-state index < -0.39 is 133 Å². The molecule has 0 unspecified atom stereocenters. The van der Waals surface area contributed by atoms with E-state index in [0.717, 1.165) is 66.7 Å². The third-order valence-corrected chi connectivity index (χ3v) is 13.1. The highest BCUT2D eigenvalue weighted by molar-refractivity contribution is 7.91. The summed E-state index contributed by atoms with van der Waals surface area (Å²) >= 11 is 0. The number of phenols is 1. The highest BCUT2D eigenvalue weighted by Gasteiger charge is 2.27. The molecule has 0 bridgehead atoms. The SMILES string of the molecule is O=S(=O)(O)CNc1ccc2c(O)c(/N=N/c3ccc4c(S(=O)(=O)O)cccc4c3S(=O)(=O)O)c(S(=O)(=O)O)cc2c1/N=N/c1ccc(S(=O)(=O)CCOS(=O)(=O)O)cc1. The van der Waals surface area contributed by atoms with E-state index in [0.29, 0.717) is 6.07 Å². The van der Waals surface area contributed by atoms with Crippen molar-refractivity contribution in [1.29, 1.82) is 0 Å². The van der Waals surface area contributed by atoms with Crippen molar-refractivity contribution in [2.45, 2.75) is 19.6 Å². The molecule has 0 aliphatic heterocycles. The molecule has 0 aliphatic rings. The first kappa shape index (κ1) is 45.0. The summed E-state index contributed by atoms with van der Waals surface area (Å²) in [5, 5.41) is 27.2. The third kappa shape index (κ3) is 10.7. The van der Waals surface area contributed by atoms with Crippen LogP contribution in [0.4, 0.5) is 28.4 Å². The highest BCUT2D eigenvalue weighted by atomic mass is 32.3. The lowest BCUT2D eigenvalue weighted by molar-refractivity contribution is 0.284. The number of hydrogen-bond acceptors (Lipinski definition) is 19. The van der Waals surface area contributed by atoms with Crippen LogP contribution in [0.1, 0.15) is 0 Å². The van der Waals surface area contributed by atoms with Gasteiger partial charge in [-0.3, -0.25) is 22.8 Å². The first-order valence-electron chi connectivity index (χ1n) is 15.3. The minimum Gasteiger partial charge on any atom is -0.505 e. The van der Waals surface area contributed by atoms with E-state index >= 15 is 0 Å². The lowest BCUT2D eigenvalue weighted by atomic mass is 10.1. The van der Waals surface area contributed by atoms with E-state index in [4.69, 9.17) is 4.55 Å². The Balaban J connectivity index is 1.67. The minimum absolute atomic E-state index is 0.103. The molecule has 0 fully saturated rings. The van der Waals surface area contributed by atoms with Crippen LogP contribution in [0.3, 0.4) is 0 Å². The Labute approximate surface area is 333 Å². The van der Waals surface area contributed by atoms with Gasteiger partial charge in [-0.25, -0.2) is 12.6 Å². The number of hydrogen-bond donors (Lipinski definition) is 7. The Morgan fingerprint density at radius 1 is 0.576 bits per heavy atom. The van der Waals surface area contributed by atoms with Crippen LogP contribution < -0.4 is 5.32 Å². The monoisotopic (exact) mass is 939 g/mol. The molecule has 5 aromatic carbocycles. The van der Waals surface area contributed by atoms with Crippen LogP contribution in [0.2, 0.25) is 0 Å². The summed E-state index contributed by atoms with van der Waals surface area (Å²) in [6, 6.07) is 11.8. The molecule has 59 heavy (non-hydrogen) atoms. The van der Waals surface area contributed by atoms with Crippen LogP contribution in [-0.4, -0.2) is 96.6 Å². The Morgan fingerprint density at radius 3 is 1.76 bits per heavy atom. The quantitative estimate of drug-likeness (QED) is 0.0573. The van der Waals surface area contributed by atoms with Gasteiger partial charge in [0.1, 0.15) is 37.6 Å². The van der Waals surface area contributed by atoms with Crippen LogP contribution >= 0.6 is 0 Å². The molecule has 0 saturated heterocycles. The molecule has 0 atom stereocenters. The first-order valence-corrected chi connectivity index (χ1v) is 24.3. The van der Waals surface area contributed by atoms with Gasteiger partial charge in [-0.05, 0) is 54.6 Å². The summed E-state index contributed by atoms with van der Waals surface area (Å²) in [5.41, 5.74) is -2.64. The molecule has 24 nitrogen and oxygen atoms in total. The second-order valence-electron chi connectivity index (χ2n) is 11.7. The van der Waals surface area contributed by atoms with Gasteiger partial charge in [-0.2, -0.15) is 47.2 Å². The second-order valence-corrected chi connectivity index (χ2v) is 20.5. The van der Waals surface area contributed by atoms with E-state index in [-0.39, 0.29) is 21.7 Å². The molecule has 0 radical (unpaired) electrons. The predicted octanol–water partition coefficient (Wildman–Crippen LogP) is 4.12. The van der Waals surface area contributed by atoms with Crippen molar-refractivity contribution >= 4 is 111 Å². The molecule has 30 heteroatoms. The van der Waals surface area contributed by atoms with Gasteiger partial charge >= 0.3 is 10.4 Å². The van der Waals surface area contributed by atoms with Gasteiger partial charge in [0.25, 0.3) is 40.5 Å². The number of sulfone groups is 1. The summed E-state index contributed by atoms with van der Waals surface area (Å²) in [7, 11) is -29.5. The molecular weight excluding hydrogens is 915 g/mol. The van der Waals surface area contributed by atoms with Crippen molar-refractivity contribution in [3.05, 3.63) is 72.8 Å². The Bertz CT molecular complexity index is 3290. The zero-order valence-corrected chi connectivity index (χ0v) is 33.7. The van der Waals surface area contributed by atoms with Gasteiger partial charge in [-0.15, -0.1) is 15.3 Å². The Kier molecular flexibility index (Phi) is 12.3. The smallest absolute Gasteiger partial charge is 0.397 e. The van der Waals surface area contributed by atoms with Gasteiger partial charge in [0.2, 0.25) is 0 Å². The third-order valence-electron chi connectivity index (χ3n) is 7.72. The van der Waals surface area contributed by atoms with Crippen molar-refractivity contribution in [2.24, 2.45) is 20.5 Å². The fraction of sp³-hybridized carbons (Fsp3) is 0.103. The maximum absolute atomic E-state index is 12.7. The predicted molar refractivity (Wildman–Crippen MR) is 203 cm³/mol. The number of nitrogens with one attached hydrogen (secondary N) is 1. The Hall–Kier alpha value is -5.12. The number of anilines is 1. The summed E-state index contributed by atoms with van der Waals surface area (Å²) in [4.78, 5) is -3.39. The van der Waals surface area contributed by atoms with Gasteiger partial charge < -0.3 is 10.4 Å². The highest BCUT2D eigenvalue weighted by Crippen LogP contribution is 2.47. The normalized spacial score (nSPS) is 13.5. The van der Waals surface area contributed by atoms with Crippen molar-refractivity contribution in [2.75, 3.05) is 23.6 Å². The molecule has 5 rings (SSSR count). The largest absolute Gasteiger partial charge is 0.505 e. The summed E-state index contributed by atoms with van der Waals surface area (Å²) in [5.74, 6) is -3.09. The molecule has 0 aromatic heterocycles. The van der Waals surface area contributed by atoms with Crippen molar-refractivity contribution in [1.82, 2.24) is 0 Å². The standard InChI is InChI=1S/C29H25N5O19S6/c35-28-19-9-10-22(30-15-55(38,39)40)26(33-31-16-4-6-17(7-5-16)54(36,37)13-12-53-59(50,51)52)21(19)14-25(57(44,45)46)27(28)34-32-23-11-8-18-20(29(23)58(47,48)49)2-1-3-24(18)56(41,42)43/h1-11,14,30,35H,12-13,15H2,(H,38,39,40)(H,41,42,43)(H,44,45,46)(H,47,48,49)(H,50,51,52)/b33-31+,34-32+. The van der Waals surface area contributed by atoms with Crippen LogP contribution in [0, 0.1) is 0 Å². The fourth-order valence-corrected chi connectivity index (χ4v) is 9.29. The number of nitrogens with zero attached hydrogens (tertiary/aromatic N) is 4. The van der Waals surface area contributed by atoms with E-state index in [1.165, 1.54) is 0 Å². The van der Waals surface area contributed by atoms with Gasteiger partial charge in [-0.1, -0.05) is 18.2 Å². The van der Waals surface area contributed by atoms with Gasteiger partial charge in [0.05, 0.1) is 28.6 Å². The number of phenolic OH excluding ortho intramolecular Hbond substituents is 1. The summed E-state index contributed by atoms with van der Waals surface area (Å²) < 4.78 is 196. The molecule has 0 saturated carbocycles. The molecule has 0 heterocycles. The topological polar surface area (TPSA) is 397 Å². The van der Waals surface area contributed by atoms with E-state index in [1.807, 2.05) is 0 Å². The summed E-state index contributed by atoms with van der Waals surface area (Å²) in [6.45, 7) is -0.917. The van der Waals surface area contributed by atoms with Crippen molar-refractivity contribution in [3.8, 4) is 5.75 Å². The molecule has 5 aromatic rings. The van der Waals surface area contributed by atoms with Gasteiger partial charge in [0, 0.05) is 21.5 Å². The van der Waals surface area contributed by atoms with E-state index in [9.17, 15) is 73.8 Å². The van der Waals surface area contributed by atoms with E-state index in [2.05, 4.69) is 30.0 Å². The summed E-state index contributed by atoms with van der Waals surface area (Å²) in [6.07, 6.45) is 0. The van der Waals surface area contributed by atoms with E-state index in [1.54, 1.807) is 0 Å². The number of aromatic hydroxyl groups is 1. The van der Waals surface area contributed by atoms with Crippen LogP contribution in [-0.2, 0) is 64.9 Å². The fourth-order valence-electron chi connectivity index (χ4n) is 5.28. The molecule has 316 valence electrons. The minimum atomic E-state index is -5.43. The first-order chi connectivity index (χ1) is 27.1. The lowest BCUT2D eigenvalue weighted by Crippen LogP contribution is -2.15. The lowest BCUT2D eigenvalue weighted by Gasteiger charge is -2.14. The number of fused-ring (bicyclic) bond motifs is 2. The second kappa shape index (κ2) is 16.1. The number of benzene rings is 5. The molecule has 0 aliphatic carbocycles. The molecular formula is C29H25N5O19S6. The molecule has 0 spiro atoms. The maximum Gasteiger partial charge on any atom is 0.397 e. The van der Waals surface area contributed by atoms with Crippen LogP contribution in [0.15, 0.2) is 113 Å². The van der Waals surface area contributed by atoms with Crippen molar-refractivity contribution in [3.63, 3.8) is 0 Å². The maximum atomic E-state index is 12.7. The Morgan fingerprint density at radius 2 is 1.19 bits per heavy atom. The number of azo groups is 2. The van der Waals surface area contributed by atoms with Crippen molar-refractivity contribution < 1.29 is 82.6 Å². The molecule has 7 N–H and O–H groups in total. The molecule has 0 amide bonds. The van der Waals surface area contributed by atoms with Crippen LogP contribution in [0.5, 0.6) is 5.75 Å². The zero-order valence-electron chi connectivity index (χ0n) is 28.8. The van der Waals surface area contributed by atoms with Gasteiger partial charge in [0.15, 0.2) is 15.6 Å². The average molecular weight is 940 g/mol.